The van der Waals surface area contributed by atoms with E-state index in [1.165, 1.54) is 0 Å². The monoisotopic (exact) mass is 222 g/mol. The van der Waals surface area contributed by atoms with Crippen LogP contribution in [0, 0.1) is 6.92 Å². The molecule has 0 saturated carbocycles. The molecular weight excluding hydrogens is 204 g/mol. The highest BCUT2D eigenvalue weighted by molar-refractivity contribution is 5.77. The van der Waals surface area contributed by atoms with Gasteiger partial charge in [0.05, 0.1) is 30.7 Å². The third kappa shape index (κ3) is 4.84. The van der Waals surface area contributed by atoms with Gasteiger partial charge in [0.2, 0.25) is 5.91 Å². The van der Waals surface area contributed by atoms with Gasteiger partial charge >= 0.3 is 0 Å². The van der Waals surface area contributed by atoms with E-state index in [-0.39, 0.29) is 5.91 Å². The number of carbonyl (C=O) groups excluding carboxylic acids is 1. The summed E-state index contributed by atoms with van der Waals surface area (Å²) in [5.74, 6) is -0.0314. The van der Waals surface area contributed by atoms with Crippen molar-refractivity contribution in [1.82, 2.24) is 20.6 Å². The van der Waals surface area contributed by atoms with Crippen LogP contribution in [-0.4, -0.2) is 28.5 Å². The van der Waals surface area contributed by atoms with Gasteiger partial charge in [-0.1, -0.05) is 13.8 Å². The zero-order valence-electron chi connectivity index (χ0n) is 9.95. The molecule has 0 aliphatic heterocycles. The third-order valence-corrected chi connectivity index (χ3v) is 1.97. The lowest BCUT2D eigenvalue weighted by Crippen LogP contribution is -2.36. The van der Waals surface area contributed by atoms with Crippen LogP contribution < -0.4 is 10.6 Å². The SMILES string of the molecule is Cc1cnc(CNC(=O)CNC(C)C)cn1. The minimum absolute atomic E-state index is 0.0314. The summed E-state index contributed by atoms with van der Waals surface area (Å²) in [7, 11) is 0. The number of nitrogens with zero attached hydrogens (tertiary/aromatic N) is 2. The first-order chi connectivity index (χ1) is 7.58. The van der Waals surface area contributed by atoms with Crippen molar-refractivity contribution in [3.8, 4) is 0 Å². The standard InChI is InChI=1S/C11H18N4O/c1-8(2)12-7-11(16)15-6-10-5-13-9(3)4-14-10/h4-5,8,12H,6-7H2,1-3H3,(H,15,16). The first-order valence-electron chi connectivity index (χ1n) is 5.35. The van der Waals surface area contributed by atoms with E-state index in [2.05, 4.69) is 20.6 Å². The Bertz CT molecular complexity index is 334. The Morgan fingerprint density at radius 1 is 1.38 bits per heavy atom. The Morgan fingerprint density at radius 2 is 2.12 bits per heavy atom. The molecular formula is C11H18N4O. The molecule has 0 aliphatic rings. The lowest BCUT2D eigenvalue weighted by Gasteiger charge is -2.08. The van der Waals surface area contributed by atoms with E-state index in [4.69, 9.17) is 0 Å². The Kier molecular flexibility index (Phi) is 4.85. The molecule has 5 heteroatoms. The van der Waals surface area contributed by atoms with Crippen LogP contribution in [0.15, 0.2) is 12.4 Å². The van der Waals surface area contributed by atoms with Crippen LogP contribution in [0.5, 0.6) is 0 Å². The van der Waals surface area contributed by atoms with Crippen LogP contribution in [-0.2, 0) is 11.3 Å². The maximum atomic E-state index is 11.4. The molecule has 0 bridgehead atoms. The first-order valence-corrected chi connectivity index (χ1v) is 5.35. The highest BCUT2D eigenvalue weighted by Crippen LogP contribution is 1.92. The molecule has 1 rings (SSSR count). The summed E-state index contributed by atoms with van der Waals surface area (Å²) in [4.78, 5) is 19.6. The summed E-state index contributed by atoms with van der Waals surface area (Å²) < 4.78 is 0. The van der Waals surface area contributed by atoms with Crippen molar-refractivity contribution in [3.05, 3.63) is 23.8 Å². The quantitative estimate of drug-likeness (QED) is 0.756. The van der Waals surface area contributed by atoms with Gasteiger partial charge in [-0.3, -0.25) is 14.8 Å². The number of hydrogen-bond acceptors (Lipinski definition) is 4. The van der Waals surface area contributed by atoms with Gasteiger partial charge in [0.15, 0.2) is 0 Å². The summed E-state index contributed by atoms with van der Waals surface area (Å²) in [5, 5.41) is 5.81. The zero-order valence-corrected chi connectivity index (χ0v) is 9.95. The van der Waals surface area contributed by atoms with Crippen LogP contribution >= 0.6 is 0 Å². The van der Waals surface area contributed by atoms with Crippen molar-refractivity contribution in [2.75, 3.05) is 6.54 Å². The molecule has 0 spiro atoms. The first kappa shape index (κ1) is 12.6. The van der Waals surface area contributed by atoms with Crippen LogP contribution in [0.2, 0.25) is 0 Å². The molecule has 0 radical (unpaired) electrons. The van der Waals surface area contributed by atoms with E-state index in [9.17, 15) is 4.79 Å². The maximum absolute atomic E-state index is 11.4. The largest absolute Gasteiger partial charge is 0.349 e. The summed E-state index contributed by atoms with van der Waals surface area (Å²) >= 11 is 0. The zero-order chi connectivity index (χ0) is 12.0. The predicted molar refractivity (Wildman–Crippen MR) is 61.8 cm³/mol. The van der Waals surface area contributed by atoms with Gasteiger partial charge in [0, 0.05) is 12.2 Å². The van der Waals surface area contributed by atoms with Crippen molar-refractivity contribution in [2.24, 2.45) is 0 Å². The summed E-state index contributed by atoms with van der Waals surface area (Å²) in [5.41, 5.74) is 1.64. The Labute approximate surface area is 95.7 Å². The lowest BCUT2D eigenvalue weighted by molar-refractivity contribution is -0.120. The molecule has 1 aromatic rings. The topological polar surface area (TPSA) is 66.9 Å². The minimum atomic E-state index is -0.0314. The van der Waals surface area contributed by atoms with E-state index in [1.807, 2.05) is 20.8 Å². The smallest absolute Gasteiger partial charge is 0.234 e. The fourth-order valence-electron chi connectivity index (χ4n) is 1.06. The number of carbonyl (C=O) groups is 1. The molecule has 1 aromatic heterocycles. The van der Waals surface area contributed by atoms with E-state index in [1.54, 1.807) is 12.4 Å². The number of hydrogen-bond donors (Lipinski definition) is 2. The molecule has 16 heavy (non-hydrogen) atoms. The molecule has 5 nitrogen and oxygen atoms in total. The third-order valence-electron chi connectivity index (χ3n) is 1.97. The van der Waals surface area contributed by atoms with Gasteiger partial charge in [-0.05, 0) is 6.92 Å². The predicted octanol–water partition coefficient (Wildman–Crippen LogP) is 0.399. The van der Waals surface area contributed by atoms with E-state index in [0.717, 1.165) is 11.4 Å². The lowest BCUT2D eigenvalue weighted by atomic mass is 10.4. The molecule has 1 heterocycles. The van der Waals surface area contributed by atoms with E-state index >= 15 is 0 Å². The fraction of sp³-hybridized carbons (Fsp3) is 0.545. The van der Waals surface area contributed by atoms with Crippen LogP contribution in [0.1, 0.15) is 25.2 Å². The van der Waals surface area contributed by atoms with E-state index in [0.29, 0.717) is 19.1 Å². The summed E-state index contributed by atoms with van der Waals surface area (Å²) in [6, 6.07) is 0.310. The highest BCUT2D eigenvalue weighted by Gasteiger charge is 2.02. The molecule has 0 aliphatic carbocycles. The number of aromatic nitrogens is 2. The molecule has 0 aromatic carbocycles. The molecule has 88 valence electrons. The average molecular weight is 222 g/mol. The fourth-order valence-corrected chi connectivity index (χ4v) is 1.06. The van der Waals surface area contributed by atoms with Crippen molar-refractivity contribution in [1.29, 1.82) is 0 Å². The molecule has 0 unspecified atom stereocenters. The van der Waals surface area contributed by atoms with Crippen molar-refractivity contribution in [2.45, 2.75) is 33.4 Å². The number of nitrogens with one attached hydrogen (secondary N) is 2. The highest BCUT2D eigenvalue weighted by atomic mass is 16.1. The number of aryl methyl sites for hydroxylation is 1. The summed E-state index contributed by atoms with van der Waals surface area (Å²) in [6.45, 7) is 6.63. The van der Waals surface area contributed by atoms with Crippen LogP contribution in [0.4, 0.5) is 0 Å². The second-order valence-corrected chi connectivity index (χ2v) is 3.96. The Morgan fingerprint density at radius 3 is 2.69 bits per heavy atom. The second kappa shape index (κ2) is 6.17. The molecule has 0 atom stereocenters. The van der Waals surface area contributed by atoms with Gasteiger partial charge in [-0.15, -0.1) is 0 Å². The molecule has 0 fully saturated rings. The molecule has 2 N–H and O–H groups in total. The van der Waals surface area contributed by atoms with Crippen molar-refractivity contribution >= 4 is 5.91 Å². The van der Waals surface area contributed by atoms with Gasteiger partial charge in [0.25, 0.3) is 0 Å². The van der Waals surface area contributed by atoms with Gasteiger partial charge in [0.1, 0.15) is 0 Å². The second-order valence-electron chi connectivity index (χ2n) is 3.96. The van der Waals surface area contributed by atoms with Crippen molar-refractivity contribution < 1.29 is 4.79 Å². The Balaban J connectivity index is 2.29. The number of rotatable bonds is 5. The van der Waals surface area contributed by atoms with Gasteiger partial charge in [-0.25, -0.2) is 0 Å². The van der Waals surface area contributed by atoms with Gasteiger partial charge in [-0.2, -0.15) is 0 Å². The Hall–Kier alpha value is -1.49. The van der Waals surface area contributed by atoms with Crippen LogP contribution in [0.25, 0.3) is 0 Å². The number of amides is 1. The van der Waals surface area contributed by atoms with Gasteiger partial charge < -0.3 is 10.6 Å². The molecule has 1 amide bonds. The summed E-state index contributed by atoms with van der Waals surface area (Å²) in [6.07, 6.45) is 3.36. The molecule has 0 saturated heterocycles. The van der Waals surface area contributed by atoms with Crippen LogP contribution in [0.3, 0.4) is 0 Å². The van der Waals surface area contributed by atoms with E-state index < -0.39 is 0 Å². The maximum Gasteiger partial charge on any atom is 0.234 e. The van der Waals surface area contributed by atoms with Crippen molar-refractivity contribution in [3.63, 3.8) is 0 Å². The minimum Gasteiger partial charge on any atom is -0.349 e. The normalized spacial score (nSPS) is 10.5. The average Bonchev–Trinajstić information content (AvgIpc) is 2.25.